The minimum atomic E-state index is -0.0537. The third kappa shape index (κ3) is 4.49. The number of allylic oxidation sites excluding steroid dienone is 4. The predicted molar refractivity (Wildman–Crippen MR) is 135 cm³/mol. The Hall–Kier alpha value is -3.98. The molecule has 0 saturated heterocycles. The number of carbonyl (C=O) groups is 1. The second kappa shape index (κ2) is 9.66. The van der Waals surface area contributed by atoms with Crippen molar-refractivity contribution in [3.05, 3.63) is 125 Å². The number of nitrogens with one attached hydrogen (secondary N) is 1. The van der Waals surface area contributed by atoms with Crippen molar-refractivity contribution in [3.63, 3.8) is 0 Å². The average Bonchev–Trinajstić information content (AvgIpc) is 3.22. The highest BCUT2D eigenvalue weighted by Gasteiger charge is 2.22. The van der Waals surface area contributed by atoms with Crippen LogP contribution in [0.1, 0.15) is 27.9 Å². The van der Waals surface area contributed by atoms with Gasteiger partial charge >= 0.3 is 0 Å². The van der Waals surface area contributed by atoms with Crippen LogP contribution in [-0.4, -0.2) is 10.8 Å². The highest BCUT2D eigenvalue weighted by molar-refractivity contribution is 6.01. The van der Waals surface area contributed by atoms with E-state index in [1.165, 1.54) is 32.7 Å². The first-order chi connectivity index (χ1) is 16.3. The first-order valence-corrected chi connectivity index (χ1v) is 11.4. The summed E-state index contributed by atoms with van der Waals surface area (Å²) in [6.07, 6.45) is 22.3. The molecule has 33 heavy (non-hydrogen) atoms. The molecule has 3 aromatic rings. The van der Waals surface area contributed by atoms with Gasteiger partial charge in [-0.25, -0.2) is 0 Å². The van der Waals surface area contributed by atoms with Gasteiger partial charge in [0.1, 0.15) is 0 Å². The fraction of sp³-hybridized carbons (Fsp3) is 0.133. The van der Waals surface area contributed by atoms with Crippen molar-refractivity contribution in [3.8, 4) is 11.1 Å². The Morgan fingerprint density at radius 3 is 2.42 bits per heavy atom. The van der Waals surface area contributed by atoms with E-state index >= 15 is 0 Å². The van der Waals surface area contributed by atoms with E-state index in [0.717, 1.165) is 24.8 Å². The molecule has 0 radical (unpaired) electrons. The zero-order valence-electron chi connectivity index (χ0n) is 18.4. The molecule has 2 heterocycles. The van der Waals surface area contributed by atoms with Crippen molar-refractivity contribution < 1.29 is 4.79 Å². The fourth-order valence-corrected chi connectivity index (χ4v) is 4.66. The molecule has 2 aliphatic carbocycles. The Morgan fingerprint density at radius 2 is 1.61 bits per heavy atom. The number of aromatic nitrogens is 1. The molecule has 0 saturated carbocycles. The normalized spacial score (nSPS) is 16.9. The molecular weight excluding hydrogens is 404 g/mol. The highest BCUT2D eigenvalue weighted by atomic mass is 16.1. The lowest BCUT2D eigenvalue weighted by Gasteiger charge is -2.21. The fourth-order valence-electron chi connectivity index (χ4n) is 4.66. The second-order valence-corrected chi connectivity index (χ2v) is 8.35. The first-order valence-electron chi connectivity index (χ1n) is 11.4. The Bertz CT molecular complexity index is 1370. The predicted octanol–water partition coefficient (Wildman–Crippen LogP) is 4.48. The van der Waals surface area contributed by atoms with Crippen LogP contribution < -0.4 is 15.8 Å². The number of benzene rings is 2. The van der Waals surface area contributed by atoms with Crippen molar-refractivity contribution >= 4 is 17.9 Å². The van der Waals surface area contributed by atoms with E-state index in [1.54, 1.807) is 12.4 Å². The summed E-state index contributed by atoms with van der Waals surface area (Å²) in [5.74, 6) is 0.147. The number of aryl methyl sites for hydroxylation is 1. The van der Waals surface area contributed by atoms with Gasteiger partial charge in [-0.05, 0) is 76.2 Å². The van der Waals surface area contributed by atoms with Gasteiger partial charge in [0.2, 0.25) is 0 Å². The van der Waals surface area contributed by atoms with Crippen LogP contribution in [0.3, 0.4) is 0 Å². The number of hydrogen-bond acceptors (Lipinski definition) is 3. The minimum absolute atomic E-state index is 0.0537. The maximum Gasteiger partial charge on any atom is 0.169 e. The maximum atomic E-state index is 12.9. The molecule has 3 heteroatoms. The molecule has 0 fully saturated rings. The van der Waals surface area contributed by atoms with Crippen LogP contribution in [0, 0.1) is 5.92 Å². The van der Waals surface area contributed by atoms with Gasteiger partial charge in [-0.15, -0.1) is 0 Å². The van der Waals surface area contributed by atoms with Crippen LogP contribution in [0.5, 0.6) is 0 Å². The molecule has 1 aromatic heterocycles. The molecule has 2 aromatic carbocycles. The molecule has 1 unspecified atom stereocenters. The van der Waals surface area contributed by atoms with Crippen molar-refractivity contribution in [2.45, 2.75) is 19.3 Å². The standard InChI is InChI=1S/C24H19NO.C6H7N/c26-24(18-11-13-25-14-12-18)19-6-5-17-8-9-21-20-4-2-1-3-16(20)7-10-22(21)23(17)15-19;1-2-4-6-7-5-3-1/h1-4,8-15,19H,5-7H2;1-7H. The van der Waals surface area contributed by atoms with E-state index in [2.05, 4.69) is 58.9 Å². The lowest BCUT2D eigenvalue weighted by molar-refractivity contribution is 0.0946. The van der Waals surface area contributed by atoms with E-state index in [0.29, 0.717) is 0 Å². The van der Waals surface area contributed by atoms with Crippen molar-refractivity contribution in [1.82, 2.24) is 10.3 Å². The van der Waals surface area contributed by atoms with Crippen LogP contribution in [0.15, 0.2) is 97.6 Å². The number of hydrogen-bond donors (Lipinski definition) is 1. The number of nitrogens with zero attached hydrogens (tertiary/aromatic N) is 1. The summed E-state index contributed by atoms with van der Waals surface area (Å²) in [7, 11) is 0. The van der Waals surface area contributed by atoms with Gasteiger partial charge in [-0.1, -0.05) is 60.7 Å². The molecule has 3 nitrogen and oxygen atoms in total. The van der Waals surface area contributed by atoms with Crippen LogP contribution in [-0.2, 0) is 12.8 Å². The molecule has 0 amide bonds. The topological polar surface area (TPSA) is 42.0 Å². The molecule has 1 atom stereocenters. The smallest absolute Gasteiger partial charge is 0.169 e. The average molecular weight is 431 g/mol. The van der Waals surface area contributed by atoms with Crippen molar-refractivity contribution in [1.29, 1.82) is 0 Å². The molecule has 0 bridgehead atoms. The summed E-state index contributed by atoms with van der Waals surface area (Å²) in [5, 5.41) is 5.48. The van der Waals surface area contributed by atoms with Gasteiger partial charge in [0.15, 0.2) is 5.78 Å². The maximum absolute atomic E-state index is 12.9. The minimum Gasteiger partial charge on any atom is -0.368 e. The number of fused-ring (bicyclic) bond motifs is 5. The second-order valence-electron chi connectivity index (χ2n) is 8.35. The summed E-state index contributed by atoms with van der Waals surface area (Å²) in [6, 6.07) is 16.7. The summed E-state index contributed by atoms with van der Waals surface area (Å²) in [6.45, 7) is 0. The highest BCUT2D eigenvalue weighted by Crippen LogP contribution is 2.26. The van der Waals surface area contributed by atoms with Crippen LogP contribution in [0.2, 0.25) is 0 Å². The van der Waals surface area contributed by atoms with Crippen molar-refractivity contribution in [2.24, 2.45) is 5.92 Å². The lowest BCUT2D eigenvalue weighted by atomic mass is 9.82. The SMILES string of the molecule is C1=CC=CNC=C1.O=C(c1ccncc1)C1C=c2c(ccc3c2=CCc2ccccc2-3)CC1. The Balaban J connectivity index is 0.000000281. The molecule has 0 spiro atoms. The van der Waals surface area contributed by atoms with Gasteiger partial charge in [-0.2, -0.15) is 0 Å². The summed E-state index contributed by atoms with van der Waals surface area (Å²) >= 11 is 0. The van der Waals surface area contributed by atoms with E-state index in [-0.39, 0.29) is 11.7 Å². The summed E-state index contributed by atoms with van der Waals surface area (Å²) in [5.41, 5.74) is 6.10. The molecule has 1 N–H and O–H groups in total. The van der Waals surface area contributed by atoms with E-state index in [1.807, 2.05) is 48.8 Å². The lowest BCUT2D eigenvalue weighted by Crippen LogP contribution is -2.37. The third-order valence-electron chi connectivity index (χ3n) is 6.32. The van der Waals surface area contributed by atoms with Crippen LogP contribution >= 0.6 is 0 Å². The Kier molecular flexibility index (Phi) is 6.12. The van der Waals surface area contributed by atoms with E-state index in [4.69, 9.17) is 0 Å². The monoisotopic (exact) mass is 430 g/mol. The largest absolute Gasteiger partial charge is 0.368 e. The van der Waals surface area contributed by atoms with Crippen LogP contribution in [0.4, 0.5) is 0 Å². The Morgan fingerprint density at radius 1 is 0.818 bits per heavy atom. The number of rotatable bonds is 2. The first kappa shape index (κ1) is 20.9. The molecule has 3 aliphatic rings. The quantitative estimate of drug-likeness (QED) is 0.610. The van der Waals surface area contributed by atoms with E-state index < -0.39 is 0 Å². The molecule has 6 rings (SSSR count). The summed E-state index contributed by atoms with van der Waals surface area (Å²) < 4.78 is 0. The number of Topliss-reactive ketones (excluding diaryl/α,β-unsaturated/α-hetero) is 1. The van der Waals surface area contributed by atoms with Gasteiger partial charge in [-0.3, -0.25) is 9.78 Å². The van der Waals surface area contributed by atoms with Crippen molar-refractivity contribution in [2.75, 3.05) is 0 Å². The number of ketones is 1. The third-order valence-corrected chi connectivity index (χ3v) is 6.32. The molecular formula is C30H26N2O. The zero-order chi connectivity index (χ0) is 22.5. The molecule has 1 aliphatic heterocycles. The number of carbonyl (C=O) groups excluding carboxylic acids is 1. The summed E-state index contributed by atoms with van der Waals surface area (Å²) in [4.78, 5) is 16.9. The van der Waals surface area contributed by atoms with Gasteiger partial charge < -0.3 is 5.32 Å². The van der Waals surface area contributed by atoms with E-state index in [9.17, 15) is 4.79 Å². The van der Waals surface area contributed by atoms with Gasteiger partial charge in [0.25, 0.3) is 0 Å². The Labute approximate surface area is 194 Å². The van der Waals surface area contributed by atoms with Gasteiger partial charge in [0.05, 0.1) is 0 Å². The molecule has 162 valence electrons. The zero-order valence-corrected chi connectivity index (χ0v) is 18.4. The number of pyridine rings is 1. The van der Waals surface area contributed by atoms with Gasteiger partial charge in [0, 0.05) is 36.3 Å². The van der Waals surface area contributed by atoms with Crippen LogP contribution in [0.25, 0.3) is 23.3 Å².